The molecule has 1 aromatic carbocycles. The second kappa shape index (κ2) is 2.88. The van der Waals surface area contributed by atoms with Crippen molar-refractivity contribution in [2.45, 2.75) is 0 Å². The Kier molecular flexibility index (Phi) is 2.10. The third kappa shape index (κ3) is 1.68. The van der Waals surface area contributed by atoms with Gasteiger partial charge in [-0.2, -0.15) is 0 Å². The third-order valence-electron chi connectivity index (χ3n) is 1.20. The lowest BCUT2D eigenvalue weighted by Crippen LogP contribution is -1.89. The summed E-state index contributed by atoms with van der Waals surface area (Å²) < 4.78 is 12.3. The maximum absolute atomic E-state index is 12.3. The number of hydrogen-bond donors (Lipinski definition) is 2. The van der Waals surface area contributed by atoms with E-state index in [2.05, 4.69) is 0 Å². The van der Waals surface area contributed by atoms with E-state index in [0.717, 1.165) is 12.1 Å². The van der Waals surface area contributed by atoms with Crippen molar-refractivity contribution in [3.63, 3.8) is 0 Å². The molecule has 11 heavy (non-hydrogen) atoms. The van der Waals surface area contributed by atoms with E-state index >= 15 is 0 Å². The van der Waals surface area contributed by atoms with Crippen LogP contribution in [0.4, 0.5) is 4.39 Å². The van der Waals surface area contributed by atoms with E-state index < -0.39 is 5.82 Å². The molecule has 1 aromatic rings. The van der Waals surface area contributed by atoms with Gasteiger partial charge in [0.1, 0.15) is 16.7 Å². The van der Waals surface area contributed by atoms with Gasteiger partial charge in [0.05, 0.1) is 5.56 Å². The maximum Gasteiger partial charge on any atom is 0.131 e. The first kappa shape index (κ1) is 8.01. The average molecular weight is 174 g/mol. The van der Waals surface area contributed by atoms with Crippen LogP contribution in [0.3, 0.4) is 0 Å². The topological polar surface area (TPSA) is 44.1 Å². The molecule has 0 fully saturated rings. The van der Waals surface area contributed by atoms with Gasteiger partial charge in [-0.05, 0) is 12.1 Å². The first-order chi connectivity index (χ1) is 5.11. The van der Waals surface area contributed by atoms with Gasteiger partial charge in [-0.15, -0.1) is 0 Å². The minimum absolute atomic E-state index is 0.132. The third-order valence-corrected chi connectivity index (χ3v) is 1.40. The highest BCUT2D eigenvalue weighted by Crippen LogP contribution is 2.19. The Hall–Kier alpha value is -1.09. The molecule has 0 aliphatic heterocycles. The fourth-order valence-electron chi connectivity index (χ4n) is 0.690. The lowest BCUT2D eigenvalue weighted by Gasteiger charge is -1.98. The number of nitrogens with one attached hydrogen (secondary N) is 1. The fraction of sp³-hybridized carbons (Fsp3) is 0. The summed E-state index contributed by atoms with van der Waals surface area (Å²) in [7, 11) is 0. The molecular weight excluding hydrogens is 169 g/mol. The molecule has 0 unspecified atom stereocenters. The summed E-state index contributed by atoms with van der Waals surface area (Å²) in [4.78, 5) is 0. The molecule has 1 rings (SSSR count). The van der Waals surface area contributed by atoms with Crippen molar-refractivity contribution in [1.29, 1.82) is 5.41 Å². The summed E-state index contributed by atoms with van der Waals surface area (Å²) in [5, 5.41) is 15.6. The van der Waals surface area contributed by atoms with Crippen molar-refractivity contribution in [1.82, 2.24) is 0 Å². The summed E-state index contributed by atoms with van der Waals surface area (Å²) in [6.07, 6.45) is 0. The second-order valence-corrected chi connectivity index (χ2v) is 2.35. The van der Waals surface area contributed by atoms with E-state index in [4.69, 9.17) is 22.1 Å². The number of hydrogen-bond acceptors (Lipinski definition) is 2. The van der Waals surface area contributed by atoms with Crippen molar-refractivity contribution >= 4 is 16.8 Å². The van der Waals surface area contributed by atoms with Crippen LogP contribution in [-0.2, 0) is 0 Å². The number of phenolic OH excluding ortho intramolecular Hbond substituents is 1. The Bertz CT molecular complexity index is 300. The average Bonchev–Trinajstić information content (AvgIpc) is 1.85. The molecule has 0 bridgehead atoms. The molecule has 0 atom stereocenters. The Morgan fingerprint density at radius 2 is 2.18 bits per heavy atom. The summed E-state index contributed by atoms with van der Waals surface area (Å²) >= 11 is 5.26. The largest absolute Gasteiger partial charge is 0.507 e. The van der Waals surface area contributed by atoms with E-state index in [1.54, 1.807) is 0 Å². The summed E-state index contributed by atoms with van der Waals surface area (Å²) in [6.45, 7) is 0. The summed E-state index contributed by atoms with van der Waals surface area (Å²) in [6, 6.07) is 3.29. The summed E-state index contributed by atoms with van der Waals surface area (Å²) in [5.74, 6) is -0.867. The Balaban J connectivity index is 3.20. The van der Waals surface area contributed by atoms with Crippen LogP contribution >= 0.6 is 11.6 Å². The van der Waals surface area contributed by atoms with Gasteiger partial charge in [0.25, 0.3) is 0 Å². The number of benzene rings is 1. The van der Waals surface area contributed by atoms with Gasteiger partial charge in [-0.25, -0.2) is 4.39 Å². The van der Waals surface area contributed by atoms with Gasteiger partial charge >= 0.3 is 0 Å². The number of phenols is 1. The molecule has 4 heteroatoms. The first-order valence-electron chi connectivity index (χ1n) is 2.84. The van der Waals surface area contributed by atoms with Crippen molar-refractivity contribution in [2.75, 3.05) is 0 Å². The zero-order valence-corrected chi connectivity index (χ0v) is 6.19. The van der Waals surface area contributed by atoms with Gasteiger partial charge in [0.15, 0.2) is 0 Å². The SMILES string of the molecule is N=C(Cl)c1ccc(F)cc1O. The molecule has 0 heterocycles. The predicted molar refractivity (Wildman–Crippen MR) is 40.7 cm³/mol. The Morgan fingerprint density at radius 1 is 1.55 bits per heavy atom. The lowest BCUT2D eigenvalue weighted by atomic mass is 10.2. The minimum Gasteiger partial charge on any atom is -0.507 e. The van der Waals surface area contributed by atoms with Crippen molar-refractivity contribution < 1.29 is 9.50 Å². The molecule has 0 amide bonds. The quantitative estimate of drug-likeness (QED) is 0.628. The van der Waals surface area contributed by atoms with Crippen LogP contribution in [-0.4, -0.2) is 10.3 Å². The van der Waals surface area contributed by atoms with Crippen molar-refractivity contribution in [3.05, 3.63) is 29.6 Å². The maximum atomic E-state index is 12.3. The number of rotatable bonds is 1. The second-order valence-electron chi connectivity index (χ2n) is 1.98. The molecule has 0 aliphatic carbocycles. The molecule has 0 saturated carbocycles. The summed E-state index contributed by atoms with van der Waals surface area (Å²) in [5.41, 5.74) is 0.132. The molecule has 0 aliphatic rings. The Labute approximate surface area is 67.7 Å². The van der Waals surface area contributed by atoms with Crippen LogP contribution in [0.2, 0.25) is 0 Å². The highest BCUT2D eigenvalue weighted by atomic mass is 35.5. The van der Waals surface area contributed by atoms with Crippen molar-refractivity contribution in [2.24, 2.45) is 0 Å². The molecular formula is C7H5ClFNO. The zero-order chi connectivity index (χ0) is 8.43. The molecule has 2 nitrogen and oxygen atoms in total. The fourth-order valence-corrected chi connectivity index (χ4v) is 0.850. The monoisotopic (exact) mass is 173 g/mol. The number of aromatic hydroxyl groups is 1. The highest BCUT2D eigenvalue weighted by Gasteiger charge is 2.04. The van der Waals surface area contributed by atoms with Gasteiger partial charge in [0, 0.05) is 6.07 Å². The van der Waals surface area contributed by atoms with Crippen LogP contribution in [0, 0.1) is 11.2 Å². The van der Waals surface area contributed by atoms with Crippen LogP contribution in [0.5, 0.6) is 5.75 Å². The van der Waals surface area contributed by atoms with E-state index in [9.17, 15) is 4.39 Å². The van der Waals surface area contributed by atoms with Gasteiger partial charge in [-0.3, -0.25) is 5.41 Å². The molecule has 2 N–H and O–H groups in total. The van der Waals surface area contributed by atoms with E-state index in [-0.39, 0.29) is 16.5 Å². The van der Waals surface area contributed by atoms with Crippen LogP contribution in [0.25, 0.3) is 0 Å². The molecule has 58 valence electrons. The smallest absolute Gasteiger partial charge is 0.131 e. The van der Waals surface area contributed by atoms with E-state index in [1.807, 2.05) is 0 Å². The van der Waals surface area contributed by atoms with Crippen LogP contribution in [0.15, 0.2) is 18.2 Å². The zero-order valence-electron chi connectivity index (χ0n) is 5.44. The predicted octanol–water partition coefficient (Wildman–Crippen LogP) is 2.10. The molecule has 0 aromatic heterocycles. The molecule has 0 saturated heterocycles. The molecule has 0 radical (unpaired) electrons. The highest BCUT2D eigenvalue weighted by molar-refractivity contribution is 6.69. The number of halogens is 2. The van der Waals surface area contributed by atoms with Crippen molar-refractivity contribution in [3.8, 4) is 5.75 Å². The Morgan fingerprint density at radius 3 is 2.64 bits per heavy atom. The van der Waals surface area contributed by atoms with E-state index in [0.29, 0.717) is 0 Å². The normalized spacial score (nSPS) is 9.64. The standard InChI is InChI=1S/C7H5ClFNO/c8-7(10)5-2-1-4(9)3-6(5)11/h1-3,10-11H. The van der Waals surface area contributed by atoms with Gasteiger partial charge in [0.2, 0.25) is 0 Å². The minimum atomic E-state index is -0.552. The van der Waals surface area contributed by atoms with Gasteiger partial charge < -0.3 is 5.11 Å². The first-order valence-corrected chi connectivity index (χ1v) is 3.22. The van der Waals surface area contributed by atoms with Gasteiger partial charge in [-0.1, -0.05) is 11.6 Å². The molecule has 0 spiro atoms. The van der Waals surface area contributed by atoms with E-state index in [1.165, 1.54) is 6.07 Å². The van der Waals surface area contributed by atoms with Crippen LogP contribution in [0.1, 0.15) is 5.56 Å². The lowest BCUT2D eigenvalue weighted by molar-refractivity contribution is 0.468. The van der Waals surface area contributed by atoms with Crippen LogP contribution < -0.4 is 0 Å².